The van der Waals surface area contributed by atoms with Gasteiger partial charge in [-0.2, -0.15) is 0 Å². The summed E-state index contributed by atoms with van der Waals surface area (Å²) in [4.78, 5) is 12.4. The molecule has 0 rings (SSSR count). The number of hydrogen-bond acceptors (Lipinski definition) is 4. The minimum absolute atomic E-state index is 0.00251. The average Bonchev–Trinajstić information content (AvgIpc) is 3.14. The molecule has 1 amide bonds. The molecule has 4 N–H and O–H groups in total. The van der Waals surface area contributed by atoms with Crippen LogP contribution in [-0.2, 0) is 4.79 Å². The number of carbonyl (C=O) groups excluding carboxylic acids is 1. The van der Waals surface area contributed by atoms with E-state index in [2.05, 4.69) is 55.6 Å². The zero-order chi connectivity index (χ0) is 38.0. The molecule has 0 aliphatic heterocycles. The highest BCUT2D eigenvalue weighted by Gasteiger charge is 2.20. The SMILES string of the molecule is CCCCCCC/C=C/CC/C=C/CC/C=C/C(O)C(CO)NC(=O)CC(O)CCCCCCCC/C=C\CCCCCCCCCCCCCC. The monoisotopic (exact) mass is 730 g/mol. The maximum absolute atomic E-state index is 12.4. The van der Waals surface area contributed by atoms with E-state index in [0.717, 1.165) is 38.5 Å². The Morgan fingerprint density at radius 3 is 1.23 bits per heavy atom. The summed E-state index contributed by atoms with van der Waals surface area (Å²) in [6.07, 6.45) is 54.0. The number of aliphatic hydroxyl groups is 3. The number of amides is 1. The third-order valence-corrected chi connectivity index (χ3v) is 10.1. The second-order valence-corrected chi connectivity index (χ2v) is 15.3. The van der Waals surface area contributed by atoms with Gasteiger partial charge in [0, 0.05) is 0 Å². The fourth-order valence-electron chi connectivity index (χ4n) is 6.60. The maximum atomic E-state index is 12.4. The standard InChI is InChI=1S/C47H87NO4/c1-3-5-7-9-11-13-15-17-19-20-21-22-23-24-25-27-28-30-32-34-36-38-40-44(50)42-47(52)48-45(43-49)46(51)41-39-37-35-33-31-29-26-18-16-14-12-10-8-6-4-2/h16,18,24-25,31,33,39,41,44-46,49-51H,3-15,17,19-23,26-30,32,34-38,40,42-43H2,1-2H3,(H,48,52)/b18-16+,25-24-,33-31+,41-39+. The molecule has 0 aromatic rings. The first-order valence-electron chi connectivity index (χ1n) is 22.4. The third kappa shape index (κ3) is 38.0. The van der Waals surface area contributed by atoms with E-state index in [4.69, 9.17) is 0 Å². The summed E-state index contributed by atoms with van der Waals surface area (Å²) in [5.74, 6) is -0.334. The minimum Gasteiger partial charge on any atom is -0.394 e. The molecule has 0 saturated heterocycles. The summed E-state index contributed by atoms with van der Waals surface area (Å²) in [6, 6.07) is -0.769. The zero-order valence-corrected chi connectivity index (χ0v) is 34.4. The molecule has 0 bridgehead atoms. The number of allylic oxidation sites excluding steroid dienone is 7. The van der Waals surface area contributed by atoms with Gasteiger partial charge in [0.2, 0.25) is 5.91 Å². The largest absolute Gasteiger partial charge is 0.394 e. The van der Waals surface area contributed by atoms with Crippen LogP contribution in [0.4, 0.5) is 0 Å². The molecule has 0 heterocycles. The predicted octanol–water partition coefficient (Wildman–Crippen LogP) is 12.9. The van der Waals surface area contributed by atoms with Gasteiger partial charge >= 0.3 is 0 Å². The second-order valence-electron chi connectivity index (χ2n) is 15.3. The minimum atomic E-state index is -0.961. The van der Waals surface area contributed by atoms with Gasteiger partial charge in [0.05, 0.1) is 31.3 Å². The van der Waals surface area contributed by atoms with Gasteiger partial charge in [0.15, 0.2) is 0 Å². The summed E-state index contributed by atoms with van der Waals surface area (Å²) < 4.78 is 0. The predicted molar refractivity (Wildman–Crippen MR) is 227 cm³/mol. The van der Waals surface area contributed by atoms with Gasteiger partial charge in [-0.3, -0.25) is 4.79 Å². The lowest BCUT2D eigenvalue weighted by atomic mass is 10.0. The molecule has 3 atom stereocenters. The fraction of sp³-hybridized carbons (Fsp3) is 0.809. The van der Waals surface area contributed by atoms with Gasteiger partial charge in [0.1, 0.15) is 0 Å². The van der Waals surface area contributed by atoms with E-state index < -0.39 is 18.2 Å². The molecule has 0 aromatic heterocycles. The van der Waals surface area contributed by atoms with E-state index >= 15 is 0 Å². The number of nitrogens with one attached hydrogen (secondary N) is 1. The maximum Gasteiger partial charge on any atom is 0.222 e. The molecular weight excluding hydrogens is 643 g/mol. The Morgan fingerprint density at radius 2 is 0.827 bits per heavy atom. The normalized spacial score (nSPS) is 14.0. The van der Waals surface area contributed by atoms with E-state index in [9.17, 15) is 20.1 Å². The number of rotatable bonds is 40. The van der Waals surface area contributed by atoms with Crippen molar-refractivity contribution in [2.45, 2.75) is 238 Å². The Hall–Kier alpha value is -1.69. The van der Waals surface area contributed by atoms with E-state index in [-0.39, 0.29) is 18.9 Å². The second kappa shape index (κ2) is 42.1. The van der Waals surface area contributed by atoms with Gasteiger partial charge in [-0.25, -0.2) is 0 Å². The van der Waals surface area contributed by atoms with Crippen LogP contribution in [0.2, 0.25) is 0 Å². The average molecular weight is 730 g/mol. The van der Waals surface area contributed by atoms with Gasteiger partial charge in [-0.15, -0.1) is 0 Å². The molecule has 304 valence electrons. The molecule has 52 heavy (non-hydrogen) atoms. The summed E-state index contributed by atoms with van der Waals surface area (Å²) in [6.45, 7) is 4.18. The molecule has 0 radical (unpaired) electrons. The molecule has 0 aromatic carbocycles. The van der Waals surface area contributed by atoms with Crippen LogP contribution in [0.25, 0.3) is 0 Å². The van der Waals surface area contributed by atoms with Crippen molar-refractivity contribution in [1.29, 1.82) is 0 Å². The van der Waals surface area contributed by atoms with Crippen molar-refractivity contribution in [2.75, 3.05) is 6.61 Å². The molecular formula is C47H87NO4. The molecule has 0 aliphatic rings. The van der Waals surface area contributed by atoms with Crippen LogP contribution in [0.3, 0.4) is 0 Å². The van der Waals surface area contributed by atoms with Crippen LogP contribution in [0, 0.1) is 0 Å². The van der Waals surface area contributed by atoms with Crippen LogP contribution >= 0.6 is 0 Å². The number of hydrogen-bond donors (Lipinski definition) is 4. The first-order chi connectivity index (χ1) is 25.5. The van der Waals surface area contributed by atoms with E-state index in [0.29, 0.717) is 6.42 Å². The third-order valence-electron chi connectivity index (χ3n) is 10.1. The van der Waals surface area contributed by atoms with E-state index in [1.54, 1.807) is 6.08 Å². The molecule has 0 fully saturated rings. The topological polar surface area (TPSA) is 89.8 Å². The van der Waals surface area contributed by atoms with Gasteiger partial charge in [-0.05, 0) is 70.6 Å². The van der Waals surface area contributed by atoms with Crippen molar-refractivity contribution in [3.8, 4) is 0 Å². The van der Waals surface area contributed by atoms with Gasteiger partial charge in [0.25, 0.3) is 0 Å². The summed E-state index contributed by atoms with van der Waals surface area (Å²) >= 11 is 0. The van der Waals surface area contributed by atoms with Crippen molar-refractivity contribution >= 4 is 5.91 Å². The van der Waals surface area contributed by atoms with Gasteiger partial charge in [-0.1, -0.05) is 191 Å². The number of carbonyl (C=O) groups is 1. The molecule has 0 saturated carbocycles. The van der Waals surface area contributed by atoms with Crippen LogP contribution < -0.4 is 5.32 Å². The van der Waals surface area contributed by atoms with Crippen molar-refractivity contribution in [1.82, 2.24) is 5.32 Å². The molecule has 0 aliphatic carbocycles. The fourth-order valence-corrected chi connectivity index (χ4v) is 6.60. The Kier molecular flexibility index (Phi) is 40.7. The van der Waals surface area contributed by atoms with Crippen LogP contribution in [-0.4, -0.2) is 46.1 Å². The zero-order valence-electron chi connectivity index (χ0n) is 34.4. The number of unbranched alkanes of at least 4 members (excludes halogenated alkanes) is 25. The van der Waals surface area contributed by atoms with E-state index in [1.165, 1.54) is 154 Å². The smallest absolute Gasteiger partial charge is 0.222 e. The van der Waals surface area contributed by atoms with Crippen molar-refractivity contribution in [3.63, 3.8) is 0 Å². The summed E-state index contributed by atoms with van der Waals surface area (Å²) in [5.41, 5.74) is 0. The lowest BCUT2D eigenvalue weighted by Crippen LogP contribution is -2.45. The highest BCUT2D eigenvalue weighted by atomic mass is 16.3. The Bertz CT molecular complexity index is 850. The molecule has 5 heteroatoms. The quantitative estimate of drug-likeness (QED) is 0.0373. The highest BCUT2D eigenvalue weighted by molar-refractivity contribution is 5.76. The lowest BCUT2D eigenvalue weighted by molar-refractivity contribution is -0.124. The first kappa shape index (κ1) is 50.3. The van der Waals surface area contributed by atoms with Crippen LogP contribution in [0.1, 0.15) is 219 Å². The van der Waals surface area contributed by atoms with Gasteiger partial charge < -0.3 is 20.6 Å². The summed E-state index contributed by atoms with van der Waals surface area (Å²) in [7, 11) is 0. The van der Waals surface area contributed by atoms with Crippen molar-refractivity contribution in [2.24, 2.45) is 0 Å². The van der Waals surface area contributed by atoms with Crippen molar-refractivity contribution in [3.05, 3.63) is 48.6 Å². The molecule has 5 nitrogen and oxygen atoms in total. The molecule has 3 unspecified atom stereocenters. The van der Waals surface area contributed by atoms with Crippen LogP contribution in [0.15, 0.2) is 48.6 Å². The first-order valence-corrected chi connectivity index (χ1v) is 22.4. The van der Waals surface area contributed by atoms with E-state index in [1.807, 2.05) is 6.08 Å². The summed E-state index contributed by atoms with van der Waals surface area (Å²) in [5, 5.41) is 33.2. The lowest BCUT2D eigenvalue weighted by Gasteiger charge is -2.21. The Balaban J connectivity index is 3.71. The Morgan fingerprint density at radius 1 is 0.481 bits per heavy atom. The highest BCUT2D eigenvalue weighted by Crippen LogP contribution is 2.14. The Labute approximate surface area is 323 Å². The van der Waals surface area contributed by atoms with Crippen molar-refractivity contribution < 1.29 is 20.1 Å². The van der Waals surface area contributed by atoms with Crippen LogP contribution in [0.5, 0.6) is 0 Å². The number of aliphatic hydroxyl groups excluding tert-OH is 3. The molecule has 0 spiro atoms.